The minimum atomic E-state index is -3.84. The van der Waals surface area contributed by atoms with Gasteiger partial charge in [-0.3, -0.25) is 4.79 Å². The van der Waals surface area contributed by atoms with Gasteiger partial charge in [0.05, 0.1) is 12.0 Å². The van der Waals surface area contributed by atoms with Crippen LogP contribution in [0.3, 0.4) is 0 Å². The van der Waals surface area contributed by atoms with Gasteiger partial charge in [-0.1, -0.05) is 6.07 Å². The average molecular weight is 273 g/mol. The van der Waals surface area contributed by atoms with Crippen molar-refractivity contribution in [2.45, 2.75) is 17.9 Å². The molecule has 0 aliphatic rings. The number of likely N-dealkylation sites (N-methyl/N-ethyl adjacent to an activating group) is 1. The number of benzene rings is 1. The summed E-state index contributed by atoms with van der Waals surface area (Å²) in [6.45, 7) is 1.31. The van der Waals surface area contributed by atoms with E-state index in [1.807, 2.05) is 0 Å². The molecule has 6 nitrogen and oxygen atoms in total. The topological polar surface area (TPSA) is 83.9 Å². The molecule has 7 heteroatoms. The molecule has 0 bridgehead atoms. The van der Waals surface area contributed by atoms with Crippen LogP contribution in [0, 0.1) is 0 Å². The van der Waals surface area contributed by atoms with Crippen LogP contribution in [0.25, 0.3) is 0 Å². The number of aliphatic carboxylic acids is 1. The molecule has 1 atom stereocenters. The van der Waals surface area contributed by atoms with Crippen LogP contribution in [0.5, 0.6) is 5.75 Å². The molecule has 0 fully saturated rings. The molecule has 0 heterocycles. The van der Waals surface area contributed by atoms with E-state index in [2.05, 4.69) is 0 Å². The number of hydrogen-bond donors (Lipinski definition) is 1. The number of ether oxygens (including phenoxy) is 1. The standard InChI is InChI=1S/C11H15NO5S/c1-8(11(13)14)12(2)18(15,16)10-6-4-5-9(7-10)17-3/h4-8H,1-3H3,(H,13,14). The zero-order chi connectivity index (χ0) is 13.9. The third-order valence-corrected chi connectivity index (χ3v) is 4.55. The van der Waals surface area contributed by atoms with Crippen molar-refractivity contribution >= 4 is 16.0 Å². The number of hydrogen-bond acceptors (Lipinski definition) is 4. The maximum atomic E-state index is 12.2. The summed E-state index contributed by atoms with van der Waals surface area (Å²) in [6, 6.07) is 4.75. The lowest BCUT2D eigenvalue weighted by atomic mass is 10.3. The molecule has 100 valence electrons. The van der Waals surface area contributed by atoms with E-state index in [0.29, 0.717) is 5.75 Å². The van der Waals surface area contributed by atoms with Crippen molar-refractivity contribution in [2.75, 3.05) is 14.2 Å². The van der Waals surface area contributed by atoms with Gasteiger partial charge in [0, 0.05) is 13.1 Å². The van der Waals surface area contributed by atoms with E-state index in [9.17, 15) is 13.2 Å². The van der Waals surface area contributed by atoms with Crippen LogP contribution >= 0.6 is 0 Å². The lowest BCUT2D eigenvalue weighted by molar-refractivity contribution is -0.140. The van der Waals surface area contributed by atoms with E-state index < -0.39 is 22.0 Å². The third kappa shape index (κ3) is 2.80. The van der Waals surface area contributed by atoms with Crippen LogP contribution in [0.1, 0.15) is 6.92 Å². The molecule has 1 N–H and O–H groups in total. The molecule has 1 rings (SSSR count). The van der Waals surface area contributed by atoms with Gasteiger partial charge in [-0.15, -0.1) is 0 Å². The first-order chi connectivity index (χ1) is 8.30. The zero-order valence-corrected chi connectivity index (χ0v) is 11.1. The fourth-order valence-corrected chi connectivity index (χ4v) is 2.65. The Morgan fingerprint density at radius 2 is 2.06 bits per heavy atom. The Kier molecular flexibility index (Phi) is 4.31. The molecule has 0 saturated carbocycles. The highest BCUT2D eigenvalue weighted by molar-refractivity contribution is 7.89. The maximum absolute atomic E-state index is 12.2. The van der Waals surface area contributed by atoms with E-state index >= 15 is 0 Å². The number of methoxy groups -OCH3 is 1. The SMILES string of the molecule is COc1cccc(S(=O)(=O)N(C)C(C)C(=O)O)c1. The van der Waals surface area contributed by atoms with Crippen LogP contribution < -0.4 is 4.74 Å². The highest BCUT2D eigenvalue weighted by Crippen LogP contribution is 2.21. The Morgan fingerprint density at radius 1 is 1.44 bits per heavy atom. The molecule has 0 spiro atoms. The van der Waals surface area contributed by atoms with Gasteiger partial charge in [0.2, 0.25) is 10.0 Å². The molecule has 0 amide bonds. The van der Waals surface area contributed by atoms with Crippen LogP contribution in [0.15, 0.2) is 29.2 Å². The number of carboxylic acids is 1. The lowest BCUT2D eigenvalue weighted by Gasteiger charge is -2.21. The molecule has 1 unspecified atom stereocenters. The quantitative estimate of drug-likeness (QED) is 0.857. The number of rotatable bonds is 5. The van der Waals surface area contributed by atoms with Crippen LogP contribution in [-0.4, -0.2) is 44.0 Å². The number of carboxylic acid groups (broad SMARTS) is 1. The number of sulfonamides is 1. The largest absolute Gasteiger partial charge is 0.497 e. The van der Waals surface area contributed by atoms with Crippen molar-refractivity contribution in [1.82, 2.24) is 4.31 Å². The highest BCUT2D eigenvalue weighted by atomic mass is 32.2. The van der Waals surface area contributed by atoms with Crippen molar-refractivity contribution in [2.24, 2.45) is 0 Å². The van der Waals surface area contributed by atoms with Crippen molar-refractivity contribution in [3.05, 3.63) is 24.3 Å². The molecule has 18 heavy (non-hydrogen) atoms. The summed E-state index contributed by atoms with van der Waals surface area (Å²) in [5.74, 6) is -0.809. The van der Waals surface area contributed by atoms with Gasteiger partial charge in [-0.25, -0.2) is 8.42 Å². The first-order valence-electron chi connectivity index (χ1n) is 5.15. The molecule has 1 aromatic carbocycles. The Balaban J connectivity index is 3.16. The first kappa shape index (κ1) is 14.5. The second-order valence-corrected chi connectivity index (χ2v) is 5.71. The summed E-state index contributed by atoms with van der Waals surface area (Å²) in [5.41, 5.74) is 0. The first-order valence-corrected chi connectivity index (χ1v) is 6.59. The molecular weight excluding hydrogens is 258 g/mol. The van der Waals surface area contributed by atoms with Gasteiger partial charge >= 0.3 is 5.97 Å². The molecular formula is C11H15NO5S. The number of nitrogens with zero attached hydrogens (tertiary/aromatic N) is 1. The summed E-state index contributed by atoms with van der Waals surface area (Å²) in [7, 11) is -1.19. The fraction of sp³-hybridized carbons (Fsp3) is 0.364. The van der Waals surface area contributed by atoms with Crippen molar-refractivity contribution in [3.63, 3.8) is 0 Å². The second-order valence-electron chi connectivity index (χ2n) is 3.71. The van der Waals surface area contributed by atoms with E-state index in [1.165, 1.54) is 39.3 Å². The van der Waals surface area contributed by atoms with E-state index in [-0.39, 0.29) is 4.90 Å². The smallest absolute Gasteiger partial charge is 0.321 e. The van der Waals surface area contributed by atoms with Gasteiger partial charge in [0.1, 0.15) is 11.8 Å². The van der Waals surface area contributed by atoms with Crippen LogP contribution in [-0.2, 0) is 14.8 Å². The summed E-state index contributed by atoms with van der Waals surface area (Å²) >= 11 is 0. The summed E-state index contributed by atoms with van der Waals surface area (Å²) in [5, 5.41) is 8.83. The zero-order valence-electron chi connectivity index (χ0n) is 10.3. The predicted octanol–water partition coefficient (Wildman–Crippen LogP) is 0.789. The van der Waals surface area contributed by atoms with Crippen molar-refractivity contribution in [1.29, 1.82) is 0 Å². The molecule has 0 saturated heterocycles. The van der Waals surface area contributed by atoms with Gasteiger partial charge in [0.15, 0.2) is 0 Å². The fourth-order valence-electron chi connectivity index (χ4n) is 1.29. The molecule has 0 radical (unpaired) electrons. The Hall–Kier alpha value is -1.60. The average Bonchev–Trinajstić information content (AvgIpc) is 2.36. The van der Waals surface area contributed by atoms with E-state index in [4.69, 9.17) is 9.84 Å². The normalized spacial score (nSPS) is 13.3. The van der Waals surface area contributed by atoms with E-state index in [1.54, 1.807) is 6.07 Å². The minimum Gasteiger partial charge on any atom is -0.497 e. The maximum Gasteiger partial charge on any atom is 0.321 e. The summed E-state index contributed by atoms with van der Waals surface area (Å²) in [4.78, 5) is 10.8. The van der Waals surface area contributed by atoms with Gasteiger partial charge < -0.3 is 9.84 Å². The lowest BCUT2D eigenvalue weighted by Crippen LogP contribution is -2.40. The molecule has 0 aromatic heterocycles. The van der Waals surface area contributed by atoms with Crippen LogP contribution in [0.2, 0.25) is 0 Å². The van der Waals surface area contributed by atoms with E-state index in [0.717, 1.165) is 4.31 Å². The highest BCUT2D eigenvalue weighted by Gasteiger charge is 2.29. The summed E-state index contributed by atoms with van der Waals surface area (Å²) < 4.78 is 30.1. The second kappa shape index (κ2) is 5.36. The van der Waals surface area contributed by atoms with Crippen molar-refractivity contribution < 1.29 is 23.1 Å². The van der Waals surface area contributed by atoms with Gasteiger partial charge in [-0.05, 0) is 19.1 Å². The monoisotopic (exact) mass is 273 g/mol. The Morgan fingerprint density at radius 3 is 2.56 bits per heavy atom. The molecule has 0 aliphatic carbocycles. The predicted molar refractivity (Wildman–Crippen MR) is 65.0 cm³/mol. The third-order valence-electron chi connectivity index (χ3n) is 2.62. The molecule has 0 aliphatic heterocycles. The summed E-state index contributed by atoms with van der Waals surface area (Å²) in [6.07, 6.45) is 0. The Labute approximate surface area is 106 Å². The minimum absolute atomic E-state index is 0.00236. The van der Waals surface area contributed by atoms with Crippen LogP contribution in [0.4, 0.5) is 0 Å². The van der Waals surface area contributed by atoms with Gasteiger partial charge in [0.25, 0.3) is 0 Å². The van der Waals surface area contributed by atoms with Crippen molar-refractivity contribution in [3.8, 4) is 5.75 Å². The molecule has 1 aromatic rings. The number of carbonyl (C=O) groups is 1. The Bertz CT molecular complexity index is 540. The van der Waals surface area contributed by atoms with Gasteiger partial charge in [-0.2, -0.15) is 4.31 Å².